The molecule has 8 heteroatoms. The van der Waals surface area contributed by atoms with Gasteiger partial charge in [0.1, 0.15) is 11.4 Å². The summed E-state index contributed by atoms with van der Waals surface area (Å²) in [5.74, 6) is 0.0393. The van der Waals surface area contributed by atoms with E-state index in [0.717, 1.165) is 12.3 Å². The molecule has 0 saturated heterocycles. The first-order valence-corrected chi connectivity index (χ1v) is 6.40. The molecule has 0 aliphatic rings. The van der Waals surface area contributed by atoms with E-state index in [4.69, 9.17) is 22.1 Å². The van der Waals surface area contributed by atoms with E-state index in [1.807, 2.05) is 0 Å². The van der Waals surface area contributed by atoms with Crippen molar-refractivity contribution in [2.45, 2.75) is 6.18 Å². The zero-order valence-corrected chi connectivity index (χ0v) is 12.1. The minimum Gasteiger partial charge on any atom is -0.453 e. The molecule has 0 radical (unpaired) electrons. The normalized spacial score (nSPS) is 11.4. The quantitative estimate of drug-likeness (QED) is 0.822. The second-order valence-electron chi connectivity index (χ2n) is 3.78. The Morgan fingerprint density at radius 2 is 1.90 bits per heavy atom. The van der Waals surface area contributed by atoms with E-state index in [0.29, 0.717) is 4.47 Å². The van der Waals surface area contributed by atoms with Crippen LogP contribution in [-0.4, -0.2) is 4.98 Å². The van der Waals surface area contributed by atoms with Gasteiger partial charge in [-0.15, -0.1) is 0 Å². The Hall–Kier alpha value is -1.47. The van der Waals surface area contributed by atoms with Gasteiger partial charge in [0.15, 0.2) is 5.75 Å². The summed E-state index contributed by atoms with van der Waals surface area (Å²) in [6.07, 6.45) is -3.68. The van der Waals surface area contributed by atoms with Crippen molar-refractivity contribution in [2.75, 3.05) is 5.73 Å². The lowest BCUT2D eigenvalue weighted by Crippen LogP contribution is -2.08. The lowest BCUT2D eigenvalue weighted by molar-refractivity contribution is -0.141. The molecule has 2 rings (SSSR count). The summed E-state index contributed by atoms with van der Waals surface area (Å²) in [7, 11) is 0. The molecule has 0 fully saturated rings. The smallest absolute Gasteiger partial charge is 0.433 e. The molecule has 1 aromatic heterocycles. The summed E-state index contributed by atoms with van der Waals surface area (Å²) in [6.45, 7) is 0. The molecule has 0 aliphatic carbocycles. The first-order valence-electron chi connectivity index (χ1n) is 5.23. The predicted molar refractivity (Wildman–Crippen MR) is 72.9 cm³/mol. The van der Waals surface area contributed by atoms with Crippen LogP contribution < -0.4 is 10.5 Å². The highest BCUT2D eigenvalue weighted by atomic mass is 79.9. The monoisotopic (exact) mass is 366 g/mol. The summed E-state index contributed by atoms with van der Waals surface area (Å²) >= 11 is 9.14. The average Bonchev–Trinajstić information content (AvgIpc) is 2.33. The molecule has 1 heterocycles. The molecule has 0 saturated carbocycles. The summed E-state index contributed by atoms with van der Waals surface area (Å²) in [5.41, 5.74) is 4.45. The number of hydrogen-bond donors (Lipinski definition) is 1. The highest BCUT2D eigenvalue weighted by Crippen LogP contribution is 2.37. The molecule has 1 aromatic carbocycles. The SMILES string of the molecule is Nc1cnc(C(F)(F)F)cc1Oc1ccc(Br)cc1Cl. The predicted octanol–water partition coefficient (Wildman–Crippen LogP) is 4.89. The number of nitrogens with two attached hydrogens (primary N) is 1. The molecule has 0 bridgehead atoms. The van der Waals surface area contributed by atoms with E-state index in [9.17, 15) is 13.2 Å². The molecular formula is C12H7BrClF3N2O. The second kappa shape index (κ2) is 5.49. The van der Waals surface area contributed by atoms with Gasteiger partial charge >= 0.3 is 6.18 Å². The Morgan fingerprint density at radius 3 is 2.50 bits per heavy atom. The highest BCUT2D eigenvalue weighted by Gasteiger charge is 2.33. The van der Waals surface area contributed by atoms with Gasteiger partial charge in [-0.3, -0.25) is 0 Å². The van der Waals surface area contributed by atoms with Crippen LogP contribution in [0.4, 0.5) is 18.9 Å². The molecule has 2 N–H and O–H groups in total. The Bertz CT molecular complexity index is 649. The first-order chi connectivity index (χ1) is 9.27. The fourth-order valence-corrected chi connectivity index (χ4v) is 2.08. The third kappa shape index (κ3) is 3.34. The van der Waals surface area contributed by atoms with Crippen molar-refractivity contribution < 1.29 is 17.9 Å². The van der Waals surface area contributed by atoms with Crippen LogP contribution in [0.25, 0.3) is 0 Å². The number of pyridine rings is 1. The van der Waals surface area contributed by atoms with E-state index in [2.05, 4.69) is 20.9 Å². The number of alkyl halides is 3. The molecule has 0 aliphatic heterocycles. The van der Waals surface area contributed by atoms with Gasteiger partial charge in [-0.25, -0.2) is 4.98 Å². The van der Waals surface area contributed by atoms with Gasteiger partial charge in [0.2, 0.25) is 0 Å². The van der Waals surface area contributed by atoms with Crippen molar-refractivity contribution in [3.05, 3.63) is 45.7 Å². The number of nitrogens with zero attached hydrogens (tertiary/aromatic N) is 1. The van der Waals surface area contributed by atoms with E-state index in [-0.39, 0.29) is 22.2 Å². The standard InChI is InChI=1S/C12H7BrClF3N2O/c13-6-1-2-9(7(14)3-6)20-10-4-11(12(15,16)17)19-5-8(10)18/h1-5H,18H2. The molecule has 0 unspecified atom stereocenters. The van der Waals surface area contributed by atoms with Crippen LogP contribution in [0.2, 0.25) is 5.02 Å². The largest absolute Gasteiger partial charge is 0.453 e. The maximum atomic E-state index is 12.6. The zero-order valence-electron chi connectivity index (χ0n) is 9.71. The first kappa shape index (κ1) is 14.9. The van der Waals surface area contributed by atoms with Gasteiger partial charge in [0.25, 0.3) is 0 Å². The molecule has 0 atom stereocenters. The number of rotatable bonds is 2. The number of anilines is 1. The molecule has 3 nitrogen and oxygen atoms in total. The molecular weight excluding hydrogens is 360 g/mol. The van der Waals surface area contributed by atoms with Crippen LogP contribution in [0.15, 0.2) is 34.9 Å². The van der Waals surface area contributed by atoms with Crippen LogP contribution >= 0.6 is 27.5 Å². The lowest BCUT2D eigenvalue weighted by atomic mass is 10.3. The molecule has 0 amide bonds. The zero-order chi connectivity index (χ0) is 14.9. The molecule has 0 spiro atoms. The van der Waals surface area contributed by atoms with Gasteiger partial charge in [-0.2, -0.15) is 13.2 Å². The Kier molecular flexibility index (Phi) is 4.10. The molecule has 2 aromatic rings. The minimum absolute atomic E-state index is 0.0167. The number of aromatic nitrogens is 1. The number of hydrogen-bond acceptors (Lipinski definition) is 3. The fourth-order valence-electron chi connectivity index (χ4n) is 1.37. The Labute approximate surface area is 125 Å². The van der Waals surface area contributed by atoms with E-state index in [1.165, 1.54) is 6.07 Å². The van der Waals surface area contributed by atoms with Crippen molar-refractivity contribution in [3.8, 4) is 11.5 Å². The maximum Gasteiger partial charge on any atom is 0.433 e. The fraction of sp³-hybridized carbons (Fsp3) is 0.0833. The van der Waals surface area contributed by atoms with Gasteiger partial charge in [0.05, 0.1) is 16.9 Å². The van der Waals surface area contributed by atoms with Crippen molar-refractivity contribution >= 4 is 33.2 Å². The maximum absolute atomic E-state index is 12.6. The van der Waals surface area contributed by atoms with Gasteiger partial charge < -0.3 is 10.5 Å². The van der Waals surface area contributed by atoms with Gasteiger partial charge in [0, 0.05) is 10.5 Å². The summed E-state index contributed by atoms with van der Waals surface area (Å²) in [5, 5.41) is 0.240. The van der Waals surface area contributed by atoms with Crippen molar-refractivity contribution in [2.24, 2.45) is 0 Å². The topological polar surface area (TPSA) is 48.1 Å². The van der Waals surface area contributed by atoms with E-state index >= 15 is 0 Å². The van der Waals surface area contributed by atoms with Crippen LogP contribution in [0, 0.1) is 0 Å². The van der Waals surface area contributed by atoms with Gasteiger partial charge in [-0.1, -0.05) is 27.5 Å². The van der Waals surface area contributed by atoms with Crippen molar-refractivity contribution in [3.63, 3.8) is 0 Å². The number of halogens is 5. The Morgan fingerprint density at radius 1 is 1.20 bits per heavy atom. The van der Waals surface area contributed by atoms with Crippen molar-refractivity contribution in [1.29, 1.82) is 0 Å². The van der Waals surface area contributed by atoms with E-state index in [1.54, 1.807) is 12.1 Å². The third-order valence-electron chi connectivity index (χ3n) is 2.30. The highest BCUT2D eigenvalue weighted by molar-refractivity contribution is 9.10. The summed E-state index contributed by atoms with van der Waals surface area (Å²) in [6, 6.07) is 5.44. The van der Waals surface area contributed by atoms with Crippen LogP contribution in [0.1, 0.15) is 5.69 Å². The summed E-state index contributed by atoms with van der Waals surface area (Å²) < 4.78 is 43.8. The molecule has 106 valence electrons. The molecule has 20 heavy (non-hydrogen) atoms. The van der Waals surface area contributed by atoms with E-state index < -0.39 is 11.9 Å². The summed E-state index contributed by atoms with van der Waals surface area (Å²) in [4.78, 5) is 3.22. The van der Waals surface area contributed by atoms with Crippen molar-refractivity contribution in [1.82, 2.24) is 4.98 Å². The van der Waals surface area contributed by atoms with Crippen LogP contribution in [-0.2, 0) is 6.18 Å². The number of benzene rings is 1. The number of ether oxygens (including phenoxy) is 1. The second-order valence-corrected chi connectivity index (χ2v) is 5.10. The minimum atomic E-state index is -4.57. The third-order valence-corrected chi connectivity index (χ3v) is 3.09. The Balaban J connectivity index is 2.38. The number of nitrogen functional groups attached to an aromatic ring is 1. The van der Waals surface area contributed by atoms with Crippen LogP contribution in [0.3, 0.4) is 0 Å². The average molecular weight is 368 g/mol. The van der Waals surface area contributed by atoms with Crippen LogP contribution in [0.5, 0.6) is 11.5 Å². The van der Waals surface area contributed by atoms with Gasteiger partial charge in [-0.05, 0) is 18.2 Å². The lowest BCUT2D eigenvalue weighted by Gasteiger charge is -2.12.